The SMILES string of the molecule is Cc1cc(C)c(S(=O)(=O)Nc2cc(C)ccc2O)c(C)c1. The summed E-state index contributed by atoms with van der Waals surface area (Å²) < 4.78 is 27.7. The molecule has 0 unspecified atom stereocenters. The molecule has 5 heteroatoms. The minimum Gasteiger partial charge on any atom is -0.506 e. The molecular weight excluding hydrogens is 286 g/mol. The van der Waals surface area contributed by atoms with Gasteiger partial charge in [0.1, 0.15) is 5.75 Å². The number of sulfonamides is 1. The van der Waals surface area contributed by atoms with Crippen LogP contribution in [0.3, 0.4) is 0 Å². The fraction of sp³-hybridized carbons (Fsp3) is 0.250. The smallest absolute Gasteiger partial charge is 0.262 e. The Morgan fingerprint density at radius 1 is 0.905 bits per heavy atom. The molecule has 2 rings (SSSR count). The Bertz CT molecular complexity index is 772. The van der Waals surface area contributed by atoms with Crippen LogP contribution in [-0.4, -0.2) is 13.5 Å². The van der Waals surface area contributed by atoms with Crippen molar-refractivity contribution < 1.29 is 13.5 Å². The van der Waals surface area contributed by atoms with Crippen molar-refractivity contribution in [3.8, 4) is 5.75 Å². The van der Waals surface area contributed by atoms with E-state index in [1.54, 1.807) is 26.0 Å². The van der Waals surface area contributed by atoms with Gasteiger partial charge in [-0.3, -0.25) is 4.72 Å². The first kappa shape index (κ1) is 15.4. The van der Waals surface area contributed by atoms with E-state index in [0.717, 1.165) is 11.1 Å². The molecule has 0 aliphatic rings. The summed E-state index contributed by atoms with van der Waals surface area (Å²) in [7, 11) is -3.74. The summed E-state index contributed by atoms with van der Waals surface area (Å²) in [5, 5.41) is 9.80. The van der Waals surface area contributed by atoms with Crippen molar-refractivity contribution in [3.05, 3.63) is 52.6 Å². The van der Waals surface area contributed by atoms with Crippen LogP contribution in [0.2, 0.25) is 0 Å². The number of hydrogen-bond donors (Lipinski definition) is 2. The molecule has 4 nitrogen and oxygen atoms in total. The Hall–Kier alpha value is -2.01. The summed E-state index contributed by atoms with van der Waals surface area (Å²) >= 11 is 0. The normalized spacial score (nSPS) is 11.4. The standard InChI is InChI=1S/C16H19NO3S/c1-10-5-6-15(18)14(9-10)17-21(19,20)16-12(3)7-11(2)8-13(16)4/h5-9,17-18H,1-4H3. The summed E-state index contributed by atoms with van der Waals surface area (Å²) in [5.41, 5.74) is 3.44. The average Bonchev–Trinajstić information content (AvgIpc) is 2.31. The summed E-state index contributed by atoms with van der Waals surface area (Å²) in [5.74, 6) is -0.0911. The molecule has 2 aromatic rings. The van der Waals surface area contributed by atoms with Crippen LogP contribution >= 0.6 is 0 Å². The molecule has 0 spiro atoms. The lowest BCUT2D eigenvalue weighted by Crippen LogP contribution is -2.16. The highest BCUT2D eigenvalue weighted by molar-refractivity contribution is 7.92. The van der Waals surface area contributed by atoms with E-state index in [1.165, 1.54) is 6.07 Å². The number of aromatic hydroxyl groups is 1. The van der Waals surface area contributed by atoms with Gasteiger partial charge in [0, 0.05) is 0 Å². The number of phenols is 1. The maximum atomic E-state index is 12.6. The van der Waals surface area contributed by atoms with Gasteiger partial charge in [0.05, 0.1) is 10.6 Å². The van der Waals surface area contributed by atoms with Crippen LogP contribution < -0.4 is 4.72 Å². The van der Waals surface area contributed by atoms with E-state index in [2.05, 4.69) is 4.72 Å². The number of benzene rings is 2. The number of rotatable bonds is 3. The summed E-state index contributed by atoms with van der Waals surface area (Å²) in [4.78, 5) is 0.258. The van der Waals surface area contributed by atoms with Crippen LogP contribution in [0.4, 0.5) is 5.69 Å². The molecule has 21 heavy (non-hydrogen) atoms. The van der Waals surface area contributed by atoms with Crippen molar-refractivity contribution in [2.24, 2.45) is 0 Å². The maximum absolute atomic E-state index is 12.6. The molecule has 0 aliphatic carbocycles. The molecule has 0 heterocycles. The molecule has 0 atom stereocenters. The summed E-state index contributed by atoms with van der Waals surface area (Å²) in [6, 6.07) is 8.46. The minimum absolute atomic E-state index is 0.0911. The van der Waals surface area contributed by atoms with Gasteiger partial charge in [-0.05, 0) is 56.5 Å². The van der Waals surface area contributed by atoms with Crippen LogP contribution in [0.25, 0.3) is 0 Å². The highest BCUT2D eigenvalue weighted by Gasteiger charge is 2.21. The molecular formula is C16H19NO3S. The second-order valence-corrected chi connectivity index (χ2v) is 6.97. The number of nitrogens with one attached hydrogen (secondary N) is 1. The highest BCUT2D eigenvalue weighted by Crippen LogP contribution is 2.29. The molecule has 0 fully saturated rings. The molecule has 0 aliphatic heterocycles. The van der Waals surface area contributed by atoms with Crippen molar-refractivity contribution >= 4 is 15.7 Å². The predicted octanol–water partition coefficient (Wildman–Crippen LogP) is 3.43. The van der Waals surface area contributed by atoms with Crippen molar-refractivity contribution in [1.29, 1.82) is 0 Å². The largest absolute Gasteiger partial charge is 0.506 e. The van der Waals surface area contributed by atoms with Gasteiger partial charge in [-0.1, -0.05) is 23.8 Å². The Morgan fingerprint density at radius 3 is 2.05 bits per heavy atom. The van der Waals surface area contributed by atoms with E-state index in [9.17, 15) is 13.5 Å². The van der Waals surface area contributed by atoms with Gasteiger partial charge in [0.25, 0.3) is 10.0 Å². The Labute approximate surface area is 125 Å². The molecule has 2 aromatic carbocycles. The van der Waals surface area contributed by atoms with E-state index in [0.29, 0.717) is 11.1 Å². The maximum Gasteiger partial charge on any atom is 0.262 e. The van der Waals surface area contributed by atoms with Gasteiger partial charge < -0.3 is 5.11 Å². The van der Waals surface area contributed by atoms with Crippen molar-refractivity contribution in [3.63, 3.8) is 0 Å². The van der Waals surface area contributed by atoms with E-state index in [-0.39, 0.29) is 16.3 Å². The molecule has 0 saturated heterocycles. The lowest BCUT2D eigenvalue weighted by molar-refractivity contribution is 0.477. The topological polar surface area (TPSA) is 66.4 Å². The third-order valence-corrected chi connectivity index (χ3v) is 4.94. The number of aryl methyl sites for hydroxylation is 4. The molecule has 112 valence electrons. The molecule has 2 N–H and O–H groups in total. The second-order valence-electron chi connectivity index (χ2n) is 5.35. The molecule has 0 bridgehead atoms. The fourth-order valence-electron chi connectivity index (χ4n) is 2.52. The first-order chi connectivity index (χ1) is 9.70. The minimum atomic E-state index is -3.74. The van der Waals surface area contributed by atoms with Gasteiger partial charge in [-0.15, -0.1) is 0 Å². The van der Waals surface area contributed by atoms with Crippen molar-refractivity contribution in [2.75, 3.05) is 4.72 Å². The van der Waals surface area contributed by atoms with Crippen molar-refractivity contribution in [1.82, 2.24) is 0 Å². The van der Waals surface area contributed by atoms with Gasteiger partial charge in [-0.2, -0.15) is 0 Å². The Kier molecular flexibility index (Phi) is 3.96. The average molecular weight is 305 g/mol. The van der Waals surface area contributed by atoms with Crippen LogP contribution in [0.15, 0.2) is 35.2 Å². The zero-order valence-electron chi connectivity index (χ0n) is 12.6. The number of hydrogen-bond acceptors (Lipinski definition) is 3. The van der Waals surface area contributed by atoms with Crippen LogP contribution in [-0.2, 0) is 10.0 Å². The molecule has 0 aromatic heterocycles. The molecule has 0 radical (unpaired) electrons. The van der Waals surface area contributed by atoms with E-state index >= 15 is 0 Å². The first-order valence-electron chi connectivity index (χ1n) is 6.61. The summed E-state index contributed by atoms with van der Waals surface area (Å²) in [6.07, 6.45) is 0. The van der Waals surface area contributed by atoms with Gasteiger partial charge in [0.2, 0.25) is 0 Å². The lowest BCUT2D eigenvalue weighted by atomic mass is 10.1. The Morgan fingerprint density at radius 2 is 1.48 bits per heavy atom. The first-order valence-corrected chi connectivity index (χ1v) is 8.09. The monoisotopic (exact) mass is 305 g/mol. The van der Waals surface area contributed by atoms with E-state index in [1.807, 2.05) is 26.0 Å². The van der Waals surface area contributed by atoms with Crippen molar-refractivity contribution in [2.45, 2.75) is 32.6 Å². The van der Waals surface area contributed by atoms with Gasteiger partial charge >= 0.3 is 0 Å². The van der Waals surface area contributed by atoms with Gasteiger partial charge in [0.15, 0.2) is 0 Å². The van der Waals surface area contributed by atoms with Crippen LogP contribution in [0.5, 0.6) is 5.75 Å². The third-order valence-electron chi connectivity index (χ3n) is 3.27. The lowest BCUT2D eigenvalue weighted by Gasteiger charge is -2.15. The zero-order chi connectivity index (χ0) is 15.8. The van der Waals surface area contributed by atoms with Gasteiger partial charge in [-0.25, -0.2) is 8.42 Å². The quantitative estimate of drug-likeness (QED) is 0.854. The summed E-state index contributed by atoms with van der Waals surface area (Å²) in [6.45, 7) is 7.30. The molecule has 0 amide bonds. The fourth-order valence-corrected chi connectivity index (χ4v) is 4.04. The number of anilines is 1. The second kappa shape index (κ2) is 5.41. The van der Waals surface area contributed by atoms with E-state index < -0.39 is 10.0 Å². The molecule has 0 saturated carbocycles. The van der Waals surface area contributed by atoms with E-state index in [4.69, 9.17) is 0 Å². The van der Waals surface area contributed by atoms with Crippen LogP contribution in [0.1, 0.15) is 22.3 Å². The van der Waals surface area contributed by atoms with Crippen LogP contribution in [0, 0.1) is 27.7 Å². The zero-order valence-corrected chi connectivity index (χ0v) is 13.4. The number of phenolic OH excluding ortho intramolecular Hbond substituents is 1. The Balaban J connectivity index is 2.51. The predicted molar refractivity (Wildman–Crippen MR) is 84.3 cm³/mol. The third kappa shape index (κ3) is 3.19. The highest BCUT2D eigenvalue weighted by atomic mass is 32.2.